The predicted octanol–water partition coefficient (Wildman–Crippen LogP) is 1.39. The molecule has 0 aliphatic rings. The molecule has 0 aromatic carbocycles. The second-order valence-corrected chi connectivity index (χ2v) is 3.68. The third-order valence-electron chi connectivity index (χ3n) is 1.28. The van der Waals surface area contributed by atoms with Gasteiger partial charge in [0.25, 0.3) is 0 Å². The molecule has 0 saturated heterocycles. The third kappa shape index (κ3) is 9.88. The van der Waals surface area contributed by atoms with Crippen LogP contribution in [0.4, 0.5) is 0 Å². The first kappa shape index (κ1) is 11.9. The second-order valence-electron chi connectivity index (χ2n) is 3.68. The van der Waals surface area contributed by atoms with E-state index in [2.05, 4.69) is 26.1 Å². The highest BCUT2D eigenvalue weighted by molar-refractivity contribution is 4.67. The molecule has 12 heavy (non-hydrogen) atoms. The smallest absolute Gasteiger partial charge is 0.0970 e. The van der Waals surface area contributed by atoms with Crippen molar-refractivity contribution in [3.05, 3.63) is 0 Å². The third-order valence-corrected chi connectivity index (χ3v) is 1.28. The average molecular weight is 175 g/mol. The Kier molecular flexibility index (Phi) is 6.34. The summed E-state index contributed by atoms with van der Waals surface area (Å²) >= 11 is 0. The van der Waals surface area contributed by atoms with Crippen molar-refractivity contribution in [2.24, 2.45) is 0 Å². The second kappa shape index (κ2) is 6.40. The molecule has 0 aliphatic heterocycles. The zero-order chi connectivity index (χ0) is 9.45. The molecule has 3 nitrogen and oxygen atoms in total. The highest BCUT2D eigenvalue weighted by atomic mass is 16.5. The lowest BCUT2D eigenvalue weighted by molar-refractivity contribution is 0.0376. The van der Waals surface area contributed by atoms with Gasteiger partial charge in [0, 0.05) is 12.1 Å². The first-order valence-corrected chi connectivity index (χ1v) is 4.47. The van der Waals surface area contributed by atoms with Crippen LogP contribution in [0.15, 0.2) is 0 Å². The molecule has 0 aromatic heterocycles. The van der Waals surface area contributed by atoms with Gasteiger partial charge in [0.2, 0.25) is 0 Å². The zero-order valence-electron chi connectivity index (χ0n) is 8.64. The molecule has 0 atom stereocenters. The van der Waals surface area contributed by atoms with Gasteiger partial charge in [-0.05, 0) is 27.7 Å². The molecule has 0 bridgehead atoms. The highest BCUT2D eigenvalue weighted by Gasteiger charge is 2.06. The summed E-state index contributed by atoms with van der Waals surface area (Å²) < 4.78 is 10.4. The van der Waals surface area contributed by atoms with E-state index in [1.54, 1.807) is 0 Å². The minimum Gasteiger partial charge on any atom is -0.379 e. The van der Waals surface area contributed by atoms with Crippen molar-refractivity contribution in [1.29, 1.82) is 0 Å². The molecular formula is C9H21NO2. The van der Waals surface area contributed by atoms with Crippen LogP contribution in [-0.2, 0) is 9.47 Å². The lowest BCUT2D eigenvalue weighted by atomic mass is 10.1. The summed E-state index contributed by atoms with van der Waals surface area (Å²) in [5, 5.41) is 3.22. The summed E-state index contributed by atoms with van der Waals surface area (Å²) in [6.45, 7) is 11.0. The van der Waals surface area contributed by atoms with Crippen molar-refractivity contribution in [1.82, 2.24) is 5.32 Å². The Balaban J connectivity index is 3.01. The quantitative estimate of drug-likeness (QED) is 0.489. The standard InChI is InChI=1S/C9H21NO2/c1-5-11-6-7-12-8-10-9(2,3)4/h10H,5-8H2,1-4H3. The Hall–Kier alpha value is -0.120. The van der Waals surface area contributed by atoms with Crippen molar-refractivity contribution in [2.75, 3.05) is 26.6 Å². The van der Waals surface area contributed by atoms with Crippen LogP contribution in [-0.4, -0.2) is 32.1 Å². The van der Waals surface area contributed by atoms with E-state index in [1.165, 1.54) is 0 Å². The van der Waals surface area contributed by atoms with E-state index in [-0.39, 0.29) is 5.54 Å². The Labute approximate surface area is 75.4 Å². The lowest BCUT2D eigenvalue weighted by Crippen LogP contribution is -2.37. The van der Waals surface area contributed by atoms with Crippen LogP contribution in [0.25, 0.3) is 0 Å². The molecule has 0 rings (SSSR count). The highest BCUT2D eigenvalue weighted by Crippen LogP contribution is 1.96. The molecule has 0 amide bonds. The van der Waals surface area contributed by atoms with E-state index in [0.717, 1.165) is 6.61 Å². The Morgan fingerprint density at radius 2 is 1.67 bits per heavy atom. The maximum Gasteiger partial charge on any atom is 0.0970 e. The summed E-state index contributed by atoms with van der Waals surface area (Å²) in [4.78, 5) is 0. The molecule has 1 N–H and O–H groups in total. The number of ether oxygens (including phenoxy) is 2. The summed E-state index contributed by atoms with van der Waals surface area (Å²) in [6, 6.07) is 0. The largest absolute Gasteiger partial charge is 0.379 e. The van der Waals surface area contributed by atoms with Crippen LogP contribution in [0.1, 0.15) is 27.7 Å². The van der Waals surface area contributed by atoms with Gasteiger partial charge in [0.1, 0.15) is 0 Å². The number of nitrogens with one attached hydrogen (secondary N) is 1. The van der Waals surface area contributed by atoms with Crippen molar-refractivity contribution in [3.63, 3.8) is 0 Å². The zero-order valence-corrected chi connectivity index (χ0v) is 8.64. The molecule has 3 heteroatoms. The van der Waals surface area contributed by atoms with Gasteiger partial charge in [0.05, 0.1) is 19.9 Å². The van der Waals surface area contributed by atoms with Gasteiger partial charge in [0.15, 0.2) is 0 Å². The topological polar surface area (TPSA) is 30.5 Å². The van der Waals surface area contributed by atoms with Crippen molar-refractivity contribution >= 4 is 0 Å². The number of hydrogen-bond donors (Lipinski definition) is 1. The van der Waals surface area contributed by atoms with Crippen LogP contribution in [0.3, 0.4) is 0 Å². The normalized spacial score (nSPS) is 12.0. The molecule has 0 saturated carbocycles. The number of hydrogen-bond acceptors (Lipinski definition) is 3. The maximum absolute atomic E-state index is 5.28. The van der Waals surface area contributed by atoms with Crippen LogP contribution >= 0.6 is 0 Å². The molecule has 0 aromatic rings. The molecule has 0 radical (unpaired) electrons. The van der Waals surface area contributed by atoms with Crippen molar-refractivity contribution in [3.8, 4) is 0 Å². The van der Waals surface area contributed by atoms with Crippen LogP contribution in [0.5, 0.6) is 0 Å². The van der Waals surface area contributed by atoms with Gasteiger partial charge in [-0.15, -0.1) is 0 Å². The lowest BCUT2D eigenvalue weighted by Gasteiger charge is -2.20. The predicted molar refractivity (Wildman–Crippen MR) is 50.2 cm³/mol. The molecular weight excluding hydrogens is 154 g/mol. The van der Waals surface area contributed by atoms with Crippen LogP contribution < -0.4 is 5.32 Å². The molecule has 0 heterocycles. The fourth-order valence-corrected chi connectivity index (χ4v) is 0.602. The van der Waals surface area contributed by atoms with Crippen LogP contribution in [0, 0.1) is 0 Å². The minimum absolute atomic E-state index is 0.131. The Bertz CT molecular complexity index is 99.2. The van der Waals surface area contributed by atoms with E-state index in [9.17, 15) is 0 Å². The first-order chi connectivity index (χ1) is 5.56. The van der Waals surface area contributed by atoms with E-state index >= 15 is 0 Å². The monoisotopic (exact) mass is 175 g/mol. The first-order valence-electron chi connectivity index (χ1n) is 4.47. The van der Waals surface area contributed by atoms with E-state index in [0.29, 0.717) is 19.9 Å². The molecule has 74 valence electrons. The Morgan fingerprint density at radius 3 is 2.17 bits per heavy atom. The van der Waals surface area contributed by atoms with Crippen molar-refractivity contribution < 1.29 is 9.47 Å². The van der Waals surface area contributed by atoms with Crippen LogP contribution in [0.2, 0.25) is 0 Å². The fraction of sp³-hybridized carbons (Fsp3) is 1.00. The molecule has 0 fully saturated rings. The van der Waals surface area contributed by atoms with E-state index in [4.69, 9.17) is 9.47 Å². The molecule has 0 unspecified atom stereocenters. The van der Waals surface area contributed by atoms with Gasteiger partial charge in [-0.2, -0.15) is 0 Å². The molecule has 0 spiro atoms. The average Bonchev–Trinajstić information content (AvgIpc) is 1.94. The number of rotatable bonds is 6. The SMILES string of the molecule is CCOCCOCNC(C)(C)C. The molecule has 0 aliphatic carbocycles. The maximum atomic E-state index is 5.28. The fourth-order valence-electron chi connectivity index (χ4n) is 0.602. The van der Waals surface area contributed by atoms with E-state index < -0.39 is 0 Å². The van der Waals surface area contributed by atoms with Gasteiger partial charge in [-0.25, -0.2) is 0 Å². The van der Waals surface area contributed by atoms with Gasteiger partial charge in [-0.1, -0.05) is 0 Å². The summed E-state index contributed by atoms with van der Waals surface area (Å²) in [5.74, 6) is 0. The van der Waals surface area contributed by atoms with Gasteiger partial charge in [-0.3, -0.25) is 5.32 Å². The Morgan fingerprint density at radius 1 is 1.08 bits per heavy atom. The van der Waals surface area contributed by atoms with Gasteiger partial charge >= 0.3 is 0 Å². The summed E-state index contributed by atoms with van der Waals surface area (Å²) in [7, 11) is 0. The van der Waals surface area contributed by atoms with Crippen molar-refractivity contribution in [2.45, 2.75) is 33.2 Å². The minimum atomic E-state index is 0.131. The van der Waals surface area contributed by atoms with Gasteiger partial charge < -0.3 is 9.47 Å². The summed E-state index contributed by atoms with van der Waals surface area (Å²) in [5.41, 5.74) is 0.131. The van der Waals surface area contributed by atoms with E-state index in [1.807, 2.05) is 6.92 Å². The summed E-state index contributed by atoms with van der Waals surface area (Å²) in [6.07, 6.45) is 0.